The third-order valence-corrected chi connectivity index (χ3v) is 6.09. The number of hydrogen-bond acceptors (Lipinski definition) is 4. The van der Waals surface area contributed by atoms with Crippen LogP contribution in [0.4, 0.5) is 17.1 Å². The van der Waals surface area contributed by atoms with Gasteiger partial charge < -0.3 is 21.1 Å². The largest absolute Gasteiger partial charge is 0.506 e. The Balaban J connectivity index is 3.02. The Morgan fingerprint density at radius 2 is 1.03 bits per heavy atom. The normalized spacial score (nSPS) is 14.1. The van der Waals surface area contributed by atoms with Gasteiger partial charge in [-0.25, -0.2) is 0 Å². The molecular formula is C27H51N3O. The Hall–Kier alpha value is -1.58. The fourth-order valence-electron chi connectivity index (χ4n) is 4.08. The third-order valence-electron chi connectivity index (χ3n) is 6.09. The molecule has 0 aliphatic heterocycles. The predicted molar refractivity (Wildman–Crippen MR) is 140 cm³/mol. The van der Waals surface area contributed by atoms with Gasteiger partial charge in [-0.3, -0.25) is 0 Å². The number of anilines is 3. The first-order valence-electron chi connectivity index (χ1n) is 13.1. The maximum absolute atomic E-state index is 10.7. The summed E-state index contributed by atoms with van der Waals surface area (Å²) in [5.74, 6) is 0.329. The second kappa shape index (κ2) is 16.1. The second-order valence-corrected chi connectivity index (χ2v) is 9.51. The van der Waals surface area contributed by atoms with E-state index in [0.29, 0.717) is 23.9 Å². The van der Waals surface area contributed by atoms with E-state index in [4.69, 9.17) is 0 Å². The molecule has 4 nitrogen and oxygen atoms in total. The lowest BCUT2D eigenvalue weighted by Gasteiger charge is -2.27. The number of aromatic hydroxyl groups is 1. The number of nitrogens with one attached hydrogen (secondary N) is 3. The minimum Gasteiger partial charge on any atom is -0.506 e. The molecule has 0 aliphatic carbocycles. The Kier molecular flexibility index (Phi) is 14.3. The van der Waals surface area contributed by atoms with Gasteiger partial charge in [-0.1, -0.05) is 78.6 Å². The lowest BCUT2D eigenvalue weighted by atomic mass is 10.1. The van der Waals surface area contributed by atoms with Gasteiger partial charge in [-0.2, -0.15) is 0 Å². The second-order valence-electron chi connectivity index (χ2n) is 9.51. The highest BCUT2D eigenvalue weighted by molar-refractivity contribution is 5.87. The van der Waals surface area contributed by atoms with Gasteiger partial charge in [0.25, 0.3) is 0 Å². The lowest BCUT2D eigenvalue weighted by Crippen LogP contribution is -2.22. The van der Waals surface area contributed by atoms with Crippen molar-refractivity contribution in [3.05, 3.63) is 12.1 Å². The van der Waals surface area contributed by atoms with Crippen LogP contribution in [0.5, 0.6) is 5.75 Å². The number of benzene rings is 1. The van der Waals surface area contributed by atoms with Crippen molar-refractivity contribution in [3.8, 4) is 5.75 Å². The van der Waals surface area contributed by atoms with Crippen LogP contribution in [0, 0.1) is 0 Å². The molecule has 1 rings (SSSR count). The molecule has 0 amide bonds. The Labute approximate surface area is 193 Å². The van der Waals surface area contributed by atoms with Crippen LogP contribution >= 0.6 is 0 Å². The van der Waals surface area contributed by atoms with Crippen LogP contribution < -0.4 is 16.0 Å². The van der Waals surface area contributed by atoms with Crippen molar-refractivity contribution >= 4 is 17.1 Å². The molecule has 0 saturated carbocycles. The molecule has 0 aliphatic rings. The summed E-state index contributed by atoms with van der Waals surface area (Å²) in [6, 6.07) is 4.95. The molecule has 1 aromatic rings. The summed E-state index contributed by atoms with van der Waals surface area (Å²) >= 11 is 0. The monoisotopic (exact) mass is 433 g/mol. The average Bonchev–Trinajstić information content (AvgIpc) is 2.73. The standard InChI is InChI=1S/C27H51N3O/c1-7-10-13-16-21(4)28-24-19-20-25(31)27(30-23(6)18-15-12-9-3)26(24)29-22(5)17-14-11-8-2/h19-23,28-31H,7-18H2,1-6H3. The minimum absolute atomic E-state index is 0.325. The molecule has 180 valence electrons. The van der Waals surface area contributed by atoms with Gasteiger partial charge in [0.2, 0.25) is 0 Å². The van der Waals surface area contributed by atoms with E-state index in [1.54, 1.807) is 0 Å². The van der Waals surface area contributed by atoms with E-state index in [9.17, 15) is 5.11 Å². The van der Waals surface area contributed by atoms with Crippen LogP contribution in [-0.2, 0) is 0 Å². The van der Waals surface area contributed by atoms with Crippen LogP contribution in [0.3, 0.4) is 0 Å². The zero-order valence-electron chi connectivity index (χ0n) is 21.3. The molecule has 0 heterocycles. The summed E-state index contributed by atoms with van der Waals surface area (Å²) in [5, 5.41) is 21.8. The maximum Gasteiger partial charge on any atom is 0.140 e. The fourth-order valence-corrected chi connectivity index (χ4v) is 4.08. The van der Waals surface area contributed by atoms with Crippen molar-refractivity contribution in [2.45, 2.75) is 137 Å². The van der Waals surface area contributed by atoms with Gasteiger partial charge in [0.05, 0.1) is 11.4 Å². The molecule has 0 aromatic heterocycles. The first kappa shape index (κ1) is 27.5. The van der Waals surface area contributed by atoms with Crippen molar-refractivity contribution in [1.29, 1.82) is 0 Å². The quantitative estimate of drug-likeness (QED) is 0.106. The van der Waals surface area contributed by atoms with E-state index < -0.39 is 0 Å². The molecule has 0 spiro atoms. The molecule has 4 heteroatoms. The van der Waals surface area contributed by atoms with Crippen molar-refractivity contribution in [3.63, 3.8) is 0 Å². The molecule has 0 radical (unpaired) electrons. The number of unbranched alkanes of at least 4 members (excludes halogenated alkanes) is 6. The highest BCUT2D eigenvalue weighted by Gasteiger charge is 2.18. The van der Waals surface area contributed by atoms with Crippen LogP contribution in [0.25, 0.3) is 0 Å². The first-order chi connectivity index (χ1) is 14.9. The van der Waals surface area contributed by atoms with Gasteiger partial charge in [0.15, 0.2) is 0 Å². The molecule has 1 aromatic carbocycles. The molecule has 3 atom stereocenters. The number of phenols is 1. The van der Waals surface area contributed by atoms with E-state index >= 15 is 0 Å². The highest BCUT2D eigenvalue weighted by atomic mass is 16.3. The van der Waals surface area contributed by atoms with Crippen LogP contribution in [0.15, 0.2) is 12.1 Å². The summed E-state index contributed by atoms with van der Waals surface area (Å²) in [6.07, 6.45) is 14.6. The Morgan fingerprint density at radius 1 is 0.613 bits per heavy atom. The van der Waals surface area contributed by atoms with E-state index in [1.807, 2.05) is 12.1 Å². The SMILES string of the molecule is CCCCCC(C)Nc1ccc(O)c(NC(C)CCCCC)c1NC(C)CCCCC. The van der Waals surface area contributed by atoms with Crippen molar-refractivity contribution in [2.75, 3.05) is 16.0 Å². The zero-order valence-corrected chi connectivity index (χ0v) is 21.3. The van der Waals surface area contributed by atoms with Crippen molar-refractivity contribution in [2.24, 2.45) is 0 Å². The van der Waals surface area contributed by atoms with Gasteiger partial charge in [0.1, 0.15) is 11.4 Å². The average molecular weight is 434 g/mol. The molecular weight excluding hydrogens is 382 g/mol. The minimum atomic E-state index is 0.325. The van der Waals surface area contributed by atoms with E-state index in [1.165, 1.54) is 57.8 Å². The highest BCUT2D eigenvalue weighted by Crippen LogP contribution is 2.40. The number of rotatable bonds is 18. The van der Waals surface area contributed by atoms with Gasteiger partial charge >= 0.3 is 0 Å². The topological polar surface area (TPSA) is 56.3 Å². The van der Waals surface area contributed by atoms with E-state index in [-0.39, 0.29) is 0 Å². The molecule has 0 saturated heterocycles. The predicted octanol–water partition coefficient (Wildman–Crippen LogP) is 8.53. The molecule has 31 heavy (non-hydrogen) atoms. The van der Waals surface area contributed by atoms with Gasteiger partial charge in [-0.05, 0) is 52.2 Å². The third kappa shape index (κ3) is 11.0. The smallest absolute Gasteiger partial charge is 0.140 e. The van der Waals surface area contributed by atoms with Crippen molar-refractivity contribution < 1.29 is 5.11 Å². The summed E-state index contributed by atoms with van der Waals surface area (Å²) in [5.41, 5.74) is 2.96. The lowest BCUT2D eigenvalue weighted by molar-refractivity contribution is 0.476. The number of hydrogen-bond donors (Lipinski definition) is 4. The van der Waals surface area contributed by atoms with Gasteiger partial charge in [-0.15, -0.1) is 0 Å². The number of phenolic OH excluding ortho intramolecular Hbond substituents is 1. The first-order valence-corrected chi connectivity index (χ1v) is 13.1. The molecule has 0 bridgehead atoms. The summed E-state index contributed by atoms with van der Waals surface area (Å²) in [4.78, 5) is 0. The molecule has 0 fully saturated rings. The van der Waals surface area contributed by atoms with Gasteiger partial charge in [0, 0.05) is 18.1 Å². The summed E-state index contributed by atoms with van der Waals surface area (Å²) < 4.78 is 0. The Bertz CT molecular complexity index is 590. The Morgan fingerprint density at radius 3 is 1.48 bits per heavy atom. The maximum atomic E-state index is 10.7. The fraction of sp³-hybridized carbons (Fsp3) is 0.778. The molecule has 3 unspecified atom stereocenters. The summed E-state index contributed by atoms with van der Waals surface area (Å²) in [7, 11) is 0. The van der Waals surface area contributed by atoms with Crippen molar-refractivity contribution in [1.82, 2.24) is 0 Å². The van der Waals surface area contributed by atoms with Crippen LogP contribution in [0.1, 0.15) is 119 Å². The van der Waals surface area contributed by atoms with E-state index in [2.05, 4.69) is 57.5 Å². The summed E-state index contributed by atoms with van der Waals surface area (Å²) in [6.45, 7) is 13.5. The van der Waals surface area contributed by atoms with E-state index in [0.717, 1.165) is 36.3 Å². The van der Waals surface area contributed by atoms with Crippen LogP contribution in [-0.4, -0.2) is 23.2 Å². The molecule has 4 N–H and O–H groups in total. The van der Waals surface area contributed by atoms with Crippen LogP contribution in [0.2, 0.25) is 0 Å². The zero-order chi connectivity index (χ0) is 23.1.